The standard InChI is InChI=1S/C2H5.CH4.2Rf/c1-2;;;/h1H2,2H3;1H4;;/q-1;;;. The molecule has 0 aromatic carbocycles. The average Bonchev–Trinajstić information content (AvgIpc) is 1.00. The first-order valence-electron chi connectivity index (χ1n) is 0.707. The van der Waals surface area contributed by atoms with Gasteiger partial charge in [-0.2, -0.15) is 6.92 Å². The van der Waals surface area contributed by atoms with Gasteiger partial charge < -0.3 is 6.92 Å². The van der Waals surface area contributed by atoms with Gasteiger partial charge in [0.25, 0.3) is 0 Å². The van der Waals surface area contributed by atoms with Crippen molar-refractivity contribution in [1.82, 2.24) is 0 Å². The van der Waals surface area contributed by atoms with Gasteiger partial charge in [0.15, 0.2) is 0 Å². The molecule has 5 heavy (non-hydrogen) atoms. The molecule has 0 bridgehead atoms. The van der Waals surface area contributed by atoms with Crippen molar-refractivity contribution in [3.8, 4) is 0 Å². The van der Waals surface area contributed by atoms with Crippen LogP contribution in [0.15, 0.2) is 0 Å². The summed E-state index contributed by atoms with van der Waals surface area (Å²) in [4.78, 5) is 0. The summed E-state index contributed by atoms with van der Waals surface area (Å²) in [6.45, 7) is 5.00. The van der Waals surface area contributed by atoms with Crippen LogP contribution in [0.25, 0.3) is 0 Å². The fourth-order valence-corrected chi connectivity index (χ4v) is 0. The molecule has 0 rings (SSSR count). The SMILES string of the molecule is C.[CH2-]C.[Rf].[Rf]. The number of hydrogen-bond acceptors (Lipinski definition) is 0. The summed E-state index contributed by atoms with van der Waals surface area (Å²) in [5.41, 5.74) is 0. The molecule has 26 valence electrons. The Morgan fingerprint density at radius 1 is 1.00 bits per heavy atom. The van der Waals surface area contributed by atoms with E-state index in [1.165, 1.54) is 0 Å². The molecule has 0 aliphatic rings. The average molecular weight is 579 g/mol. The number of rotatable bonds is 0. The molecule has 0 fully saturated rings. The van der Waals surface area contributed by atoms with E-state index in [0.717, 1.165) is 0 Å². The van der Waals surface area contributed by atoms with Crippen LogP contribution >= 0.6 is 0 Å². The molecule has 0 radical (unpaired) electrons. The van der Waals surface area contributed by atoms with Crippen LogP contribution < -0.4 is 0 Å². The van der Waals surface area contributed by atoms with Crippen molar-refractivity contribution in [3.05, 3.63) is 6.92 Å². The van der Waals surface area contributed by atoms with Crippen LogP contribution in [0.1, 0.15) is 14.4 Å². The third-order valence-corrected chi connectivity index (χ3v) is 0. The summed E-state index contributed by atoms with van der Waals surface area (Å²) in [5.74, 6) is 0. The fourth-order valence-electron chi connectivity index (χ4n) is 0. The maximum absolute atomic E-state index is 3.25. The normalized spacial score (nSPS) is 1.20. The molecule has 0 nitrogen and oxygen atoms in total. The third-order valence-electron chi connectivity index (χ3n) is 0. The summed E-state index contributed by atoms with van der Waals surface area (Å²) in [6, 6.07) is 0. The van der Waals surface area contributed by atoms with E-state index in [-0.39, 0.29) is 7.43 Å². The molecular formula is C3H9Rf2-. The van der Waals surface area contributed by atoms with E-state index in [2.05, 4.69) is 6.92 Å². The molecule has 2 heteroatoms. The Morgan fingerprint density at radius 2 is 1.00 bits per heavy atom. The van der Waals surface area contributed by atoms with Gasteiger partial charge in [0.2, 0.25) is 0 Å². The third kappa shape index (κ3) is 0. The Morgan fingerprint density at radius 3 is 1.00 bits per heavy atom. The monoisotopic (exact) mass is 579 g/mol. The quantitative estimate of drug-likeness (QED) is 0.382. The maximum atomic E-state index is 3.25. The Hall–Kier alpha value is -2.00. The number of hydrogen-bond donors (Lipinski definition) is 0. The van der Waals surface area contributed by atoms with Gasteiger partial charge in [0.05, 0.1) is 0 Å². The Bertz CT molecular complexity index is 4.85. The van der Waals surface area contributed by atoms with Crippen molar-refractivity contribution in [1.29, 1.82) is 0 Å². The van der Waals surface area contributed by atoms with E-state index < -0.39 is 0 Å². The van der Waals surface area contributed by atoms with Gasteiger partial charge in [-0.3, -0.25) is 0 Å². The molecule has 0 saturated carbocycles. The van der Waals surface area contributed by atoms with E-state index in [4.69, 9.17) is 0 Å². The minimum Gasteiger partial charge on any atom is -0.346 e. The molecule has 0 amide bonds. The maximum Gasteiger partial charge on any atom is 0 e. The second kappa shape index (κ2) is 0.500. The van der Waals surface area contributed by atoms with Gasteiger partial charge in [-0.05, 0) is 0 Å². The molecule has 0 heterocycles. The summed E-state index contributed by atoms with van der Waals surface area (Å²) in [5, 5.41) is 0. The van der Waals surface area contributed by atoms with E-state index in [9.17, 15) is 0 Å². The van der Waals surface area contributed by atoms with Crippen molar-refractivity contribution in [2.24, 2.45) is 0 Å². The van der Waals surface area contributed by atoms with Crippen LogP contribution in [0.4, 0.5) is 0 Å². The van der Waals surface area contributed by atoms with Crippen LogP contribution in [0.2, 0.25) is 0 Å². The molecule has 0 aliphatic carbocycles. The van der Waals surface area contributed by atoms with Crippen molar-refractivity contribution < 1.29 is 0 Å². The van der Waals surface area contributed by atoms with Crippen LogP contribution in [0.5, 0.6) is 0 Å². The first-order valence-corrected chi connectivity index (χ1v) is 0.707. The first kappa shape index (κ1) is 12.0. The molecule has 0 atom stereocenters. The molecule has 0 saturated heterocycles. The van der Waals surface area contributed by atoms with Gasteiger partial charge in [-0.15, -0.1) is 0 Å². The van der Waals surface area contributed by atoms with E-state index in [0.29, 0.717) is 0 Å². The zero-order valence-electron chi connectivity index (χ0n) is 3.12. The van der Waals surface area contributed by atoms with Crippen molar-refractivity contribution in [3.63, 3.8) is 0 Å². The first-order chi connectivity index (χ1) is 1.00. The van der Waals surface area contributed by atoms with Gasteiger partial charge in [0.1, 0.15) is 0 Å². The van der Waals surface area contributed by atoms with Gasteiger partial charge in [0, 0.05) is 0 Å². The minimum atomic E-state index is 0. The zero-order valence-corrected chi connectivity index (χ0v) is 15.9. The molecule has 0 unspecified atom stereocenters. The van der Waals surface area contributed by atoms with E-state index >= 15 is 0 Å². The Labute approximate surface area is 22.5 Å². The van der Waals surface area contributed by atoms with Gasteiger partial charge in [-0.25, -0.2) is 0 Å². The van der Waals surface area contributed by atoms with Crippen LogP contribution in [-0.4, -0.2) is 0 Å². The zero-order chi connectivity index (χ0) is 2.00. The predicted molar refractivity (Wildman–Crippen MR) is 17.8 cm³/mol. The van der Waals surface area contributed by atoms with Crippen molar-refractivity contribution >= 4 is 0 Å². The van der Waals surface area contributed by atoms with Crippen molar-refractivity contribution in [2.75, 3.05) is 0 Å². The summed E-state index contributed by atoms with van der Waals surface area (Å²) >= 11 is 0. The Kier molecular flexibility index (Phi) is 1.20. The van der Waals surface area contributed by atoms with Crippen LogP contribution in [-0.2, 0) is 0 Å². The largest absolute Gasteiger partial charge is 0.346 e. The van der Waals surface area contributed by atoms with Crippen molar-refractivity contribution in [2.45, 2.75) is 14.4 Å². The topological polar surface area (TPSA) is 0 Å². The van der Waals surface area contributed by atoms with E-state index in [1.54, 1.807) is 6.92 Å². The van der Waals surface area contributed by atoms with E-state index in [1.807, 2.05) is 0 Å². The Balaban J connectivity index is -0.00000000167. The molecule has 0 aromatic rings. The second-order valence-electron chi connectivity index (χ2n) is 0. The molecule has 0 aromatic heterocycles. The predicted octanol–water partition coefficient (Wildman–Crippen LogP) is 1.48. The van der Waals surface area contributed by atoms with Crippen LogP contribution in [0, 0.1) is 6.92 Å². The second-order valence-corrected chi connectivity index (χ2v) is 0. The minimum absolute atomic E-state index is 0. The summed E-state index contributed by atoms with van der Waals surface area (Å²) in [7, 11) is 0. The van der Waals surface area contributed by atoms with Gasteiger partial charge >= 0.3 is 0 Å². The molecular weight excluding hydrogens is 570 g/mol. The molecule has 0 aliphatic heterocycles. The molecule has 0 spiro atoms. The molecule has 0 N–H and O–H groups in total. The van der Waals surface area contributed by atoms with Crippen LogP contribution in [0.3, 0.4) is 0 Å². The summed E-state index contributed by atoms with van der Waals surface area (Å²) < 4.78 is 0. The fraction of sp³-hybridized carbons (Fsp3) is 0.667. The smallest absolute Gasteiger partial charge is 0 e. The summed E-state index contributed by atoms with van der Waals surface area (Å²) in [6.07, 6.45) is 0. The van der Waals surface area contributed by atoms with Gasteiger partial charge in [-0.1, -0.05) is 7.43 Å².